The monoisotopic (exact) mass is 594 g/mol. The van der Waals surface area contributed by atoms with Crippen molar-refractivity contribution in [3.8, 4) is 11.1 Å². The van der Waals surface area contributed by atoms with Crippen molar-refractivity contribution < 1.29 is 40.7 Å². The van der Waals surface area contributed by atoms with E-state index in [2.05, 4.69) is 5.32 Å². The predicted molar refractivity (Wildman–Crippen MR) is 157 cm³/mol. The van der Waals surface area contributed by atoms with E-state index in [1.54, 1.807) is 30.3 Å². The number of carboxylic acids is 3. The van der Waals surface area contributed by atoms with Crippen LogP contribution >= 0.6 is 11.8 Å². The first-order chi connectivity index (χ1) is 20.5. The minimum atomic E-state index is -1.41. The van der Waals surface area contributed by atoms with E-state index in [0.717, 1.165) is 16.7 Å². The van der Waals surface area contributed by atoms with E-state index in [1.807, 2.05) is 24.3 Å². The molecule has 2 amide bonds. The van der Waals surface area contributed by atoms with Gasteiger partial charge in [0, 0.05) is 17.9 Å². The van der Waals surface area contributed by atoms with E-state index in [1.165, 1.54) is 36.0 Å². The Kier molecular flexibility index (Phi) is 11.1. The molecule has 0 aliphatic rings. The summed E-state index contributed by atoms with van der Waals surface area (Å²) < 4.78 is 8.36. The zero-order valence-electron chi connectivity index (χ0n) is 23.4. The Morgan fingerprint density at radius 1 is 0.833 bits per heavy atom. The van der Waals surface area contributed by atoms with Crippen LogP contribution in [0.4, 0.5) is 0 Å². The number of hydrogen-bond acceptors (Lipinski definition) is 7. The molecule has 0 saturated carbocycles. The molecule has 0 radical (unpaired) electrons. The number of aromatic carboxylic acids is 1. The van der Waals surface area contributed by atoms with Crippen molar-refractivity contribution in [2.45, 2.75) is 36.7 Å². The van der Waals surface area contributed by atoms with Gasteiger partial charge in [-0.1, -0.05) is 66.7 Å². The zero-order chi connectivity index (χ0) is 31.5. The minimum Gasteiger partial charge on any atom is -0.480 e. The van der Waals surface area contributed by atoms with Gasteiger partial charge >= 0.3 is 17.9 Å². The molecule has 0 aliphatic carbocycles. The van der Waals surface area contributed by atoms with Crippen molar-refractivity contribution in [3.05, 3.63) is 95.6 Å². The number of carbonyl (C=O) groups excluding carboxylic acids is 2. The molecule has 0 fully saturated rings. The van der Waals surface area contributed by atoms with Crippen LogP contribution in [0.1, 0.15) is 40.4 Å². The molecule has 1 unspecified atom stereocenters. The summed E-state index contributed by atoms with van der Waals surface area (Å²) in [5.41, 5.74) is 8.53. The van der Waals surface area contributed by atoms with Crippen molar-refractivity contribution in [1.29, 1.82) is 0 Å². The van der Waals surface area contributed by atoms with Crippen molar-refractivity contribution in [3.63, 3.8) is 0 Å². The van der Waals surface area contributed by atoms with E-state index >= 15 is 0 Å². The molecule has 12 heteroatoms. The quantitative estimate of drug-likeness (QED) is 0.152. The Hall–Kier alpha value is -4.68. The van der Waals surface area contributed by atoms with Crippen LogP contribution in [-0.4, -0.2) is 62.9 Å². The number of aliphatic carboxylic acids is 2. The Bertz CT molecular complexity index is 1440. The lowest BCUT2D eigenvalue weighted by Gasteiger charge is -2.22. The van der Waals surface area contributed by atoms with E-state index in [4.69, 9.17) is 17.4 Å². The van der Waals surface area contributed by atoms with Gasteiger partial charge in [0.25, 0.3) is 0 Å². The maximum atomic E-state index is 13.3. The van der Waals surface area contributed by atoms with Crippen LogP contribution in [0.15, 0.2) is 78.9 Å². The molecule has 7 N–H and O–H groups in total. The molecule has 0 saturated heterocycles. The third-order valence-corrected chi connectivity index (χ3v) is 7.31. The molecule has 3 rings (SSSR count). The van der Waals surface area contributed by atoms with Gasteiger partial charge in [-0.15, -0.1) is 0 Å². The highest BCUT2D eigenvalue weighted by molar-refractivity contribution is 7.98. The number of amides is 2. The van der Waals surface area contributed by atoms with Crippen LogP contribution in [0.3, 0.4) is 0 Å². The fraction of sp³-hybridized carbons (Fsp3) is 0.233. The molecule has 220 valence electrons. The van der Waals surface area contributed by atoms with Gasteiger partial charge in [-0.2, -0.15) is 11.8 Å². The summed E-state index contributed by atoms with van der Waals surface area (Å²) >= 11 is 1.25. The van der Waals surface area contributed by atoms with E-state index in [0.29, 0.717) is 16.6 Å². The maximum Gasteiger partial charge on any atom is 0.335 e. The first-order valence-corrected chi connectivity index (χ1v) is 14.0. The molecular formula is C30H31N3O8S. The molecule has 0 bridgehead atoms. The number of carboxylic acid groups (broad SMARTS) is 3. The molecule has 0 aromatic heterocycles. The number of hydrogen-bond donors (Lipinski definition) is 6. The number of thioether (sulfide) groups is 1. The van der Waals surface area contributed by atoms with Gasteiger partial charge in [0.15, 0.2) is 7.45 Å². The lowest BCUT2D eigenvalue weighted by Crippen LogP contribution is -2.50. The van der Waals surface area contributed by atoms with Gasteiger partial charge in [-0.3, -0.25) is 14.4 Å². The summed E-state index contributed by atoms with van der Waals surface area (Å²) in [7, 11) is 0. The van der Waals surface area contributed by atoms with Gasteiger partial charge in [-0.05, 0) is 40.8 Å². The fourth-order valence-corrected chi connectivity index (χ4v) is 4.87. The summed E-state index contributed by atoms with van der Waals surface area (Å²) in [5, 5.41) is 30.7. The summed E-state index contributed by atoms with van der Waals surface area (Å²) in [5.74, 6) is -4.97. The number of carbonyl (C=O) groups is 5. The average molecular weight is 595 g/mol. The Morgan fingerprint density at radius 2 is 1.43 bits per heavy atom. The zero-order valence-corrected chi connectivity index (χ0v) is 23.2. The molecule has 3 aromatic rings. The third-order valence-electron chi connectivity index (χ3n) is 6.22. The predicted octanol–water partition coefficient (Wildman–Crippen LogP) is 2.90. The second-order valence-electron chi connectivity index (χ2n) is 9.31. The first-order valence-electron chi connectivity index (χ1n) is 13.3. The van der Waals surface area contributed by atoms with Crippen LogP contribution in [0.25, 0.3) is 11.1 Å². The van der Waals surface area contributed by atoms with Gasteiger partial charge in [-0.25, -0.2) is 9.59 Å². The molecule has 0 heterocycles. The van der Waals surface area contributed by atoms with Crippen molar-refractivity contribution in [2.24, 2.45) is 5.73 Å². The standard InChI is InChI=1S/C30H31N3O8S/c31-23(29(38)39)14-15-25(34)32-24(27(35)33-26(30(40)41)21-4-2-1-3-5-21)17-42-16-18-6-8-19(9-7-18)20-10-12-22(13-11-20)28(36)37/h1-13,23-24,26H,14-17,31H2,(H,32,34)(H,33,35)(H,36,37)(H,38,39)(H,40,41)/t23-,24-,26?/m0/s1/i/hD. The van der Waals surface area contributed by atoms with Crippen LogP contribution in [0.2, 0.25) is 1.41 Å². The lowest BCUT2D eigenvalue weighted by atomic mass is 10.0. The van der Waals surface area contributed by atoms with Crippen LogP contribution in [0, 0.1) is 0 Å². The van der Waals surface area contributed by atoms with Crippen LogP contribution in [0.5, 0.6) is 0 Å². The Labute approximate surface area is 247 Å². The second-order valence-corrected chi connectivity index (χ2v) is 10.3. The van der Waals surface area contributed by atoms with Gasteiger partial charge in [0.2, 0.25) is 11.8 Å². The highest BCUT2D eigenvalue weighted by Crippen LogP contribution is 2.23. The maximum absolute atomic E-state index is 13.3. The van der Waals surface area contributed by atoms with Gasteiger partial charge in [0.05, 0.1) is 5.56 Å². The van der Waals surface area contributed by atoms with Crippen molar-refractivity contribution in [1.82, 2.24) is 10.6 Å². The SMILES string of the molecule is [2H]N(C(=O)CC[C@H](N)C(=O)O)[C@@H](CSCc1ccc(-c2ccc(C(=O)O)cc2)cc1)C(=O)NC(C(=O)O)c1ccccc1. The van der Waals surface area contributed by atoms with E-state index in [9.17, 15) is 29.1 Å². The van der Waals surface area contributed by atoms with Gasteiger partial charge in [0.1, 0.15) is 12.1 Å². The summed E-state index contributed by atoms with van der Waals surface area (Å²) in [4.78, 5) is 60.0. The van der Waals surface area contributed by atoms with E-state index < -0.39 is 47.8 Å². The molecule has 3 aromatic carbocycles. The average Bonchev–Trinajstić information content (AvgIpc) is 3.00. The second kappa shape index (κ2) is 15.4. The van der Waals surface area contributed by atoms with Crippen LogP contribution < -0.4 is 16.4 Å². The van der Waals surface area contributed by atoms with Crippen molar-refractivity contribution in [2.75, 3.05) is 5.75 Å². The molecule has 0 spiro atoms. The Morgan fingerprint density at radius 3 is 1.98 bits per heavy atom. The largest absolute Gasteiger partial charge is 0.480 e. The molecule has 11 nitrogen and oxygen atoms in total. The smallest absolute Gasteiger partial charge is 0.335 e. The highest BCUT2D eigenvalue weighted by atomic mass is 32.2. The number of nitrogens with two attached hydrogens (primary N) is 1. The summed E-state index contributed by atoms with van der Waals surface area (Å²) in [6.07, 6.45) is -0.625. The summed E-state index contributed by atoms with van der Waals surface area (Å²) in [6, 6.07) is 17.8. The molecule has 42 heavy (non-hydrogen) atoms. The first kappa shape index (κ1) is 30.3. The number of benzene rings is 3. The van der Waals surface area contributed by atoms with Crippen LogP contribution in [-0.2, 0) is 24.9 Å². The number of rotatable bonds is 15. The number of nitrogens with one attached hydrogen (secondary N) is 2. The topological polar surface area (TPSA) is 196 Å². The van der Waals surface area contributed by atoms with Gasteiger partial charge < -0.3 is 31.7 Å². The minimum absolute atomic E-state index is 0.0500. The molecule has 0 aliphatic heterocycles. The van der Waals surface area contributed by atoms with Crippen molar-refractivity contribution >= 4 is 41.5 Å². The third kappa shape index (κ3) is 9.46. The lowest BCUT2D eigenvalue weighted by molar-refractivity contribution is -0.142. The fourth-order valence-electron chi connectivity index (χ4n) is 3.87. The molecule has 3 atom stereocenters. The normalized spacial score (nSPS) is 13.2. The summed E-state index contributed by atoms with van der Waals surface area (Å²) in [6.45, 7) is 0. The molecular weight excluding hydrogens is 562 g/mol. The van der Waals surface area contributed by atoms with E-state index in [-0.39, 0.29) is 24.2 Å². The Balaban J connectivity index is 1.71. The highest BCUT2D eigenvalue weighted by Gasteiger charge is 2.28.